The van der Waals surface area contributed by atoms with Crippen molar-refractivity contribution in [3.05, 3.63) is 77.9 Å². The lowest BCUT2D eigenvalue weighted by Crippen LogP contribution is -2.39. The Morgan fingerprint density at radius 3 is 2.19 bits per heavy atom. The number of hydrogen-bond donors (Lipinski definition) is 1. The van der Waals surface area contributed by atoms with Crippen LogP contribution in [0, 0.1) is 6.92 Å². The minimum absolute atomic E-state index is 0.0251. The molecule has 0 bridgehead atoms. The number of hydrazone groups is 1. The van der Waals surface area contributed by atoms with Gasteiger partial charge in [-0.2, -0.15) is 5.10 Å². The number of carbonyl (C=O) groups is 2. The summed E-state index contributed by atoms with van der Waals surface area (Å²) in [7, 11) is -1.22. The highest BCUT2D eigenvalue weighted by Gasteiger charge is 2.28. The largest absolute Gasteiger partial charge is 0.493 e. The number of esters is 1. The van der Waals surface area contributed by atoms with E-state index >= 15 is 0 Å². The molecule has 0 aliphatic carbocycles. The molecule has 0 spiro atoms. The number of nitrogens with one attached hydrogen (secondary N) is 1. The van der Waals surface area contributed by atoms with Crippen molar-refractivity contribution in [3.8, 4) is 17.2 Å². The predicted molar refractivity (Wildman–Crippen MR) is 139 cm³/mol. The number of benzene rings is 3. The van der Waals surface area contributed by atoms with Crippen LogP contribution in [0.25, 0.3) is 0 Å². The summed E-state index contributed by atoms with van der Waals surface area (Å²) in [6.07, 6.45) is 1.38. The molecule has 0 aliphatic rings. The standard InChI is InChI=1S/C26H27N3O7S/c1-18-5-12-23(13-6-18)37(32,33)29(21-9-14-24(34-3)25(15-21)35-4)17-26(31)28-27-16-20-7-10-22(11-8-20)36-19(2)30/h5-16H,17H2,1-4H3,(H,28,31)/b27-16-. The Morgan fingerprint density at radius 1 is 0.946 bits per heavy atom. The lowest BCUT2D eigenvalue weighted by molar-refractivity contribution is -0.131. The summed E-state index contributed by atoms with van der Waals surface area (Å²) >= 11 is 0. The van der Waals surface area contributed by atoms with E-state index in [2.05, 4.69) is 10.5 Å². The van der Waals surface area contributed by atoms with E-state index in [0.717, 1.165) is 9.87 Å². The Labute approximate surface area is 215 Å². The number of nitrogens with zero attached hydrogens (tertiary/aromatic N) is 2. The number of aryl methyl sites for hydroxylation is 1. The van der Waals surface area contributed by atoms with Crippen LogP contribution >= 0.6 is 0 Å². The van der Waals surface area contributed by atoms with Gasteiger partial charge >= 0.3 is 5.97 Å². The van der Waals surface area contributed by atoms with E-state index in [-0.39, 0.29) is 10.6 Å². The van der Waals surface area contributed by atoms with Gasteiger partial charge in [-0.25, -0.2) is 13.8 Å². The molecule has 37 heavy (non-hydrogen) atoms. The lowest BCUT2D eigenvalue weighted by Gasteiger charge is -2.24. The van der Waals surface area contributed by atoms with Crippen molar-refractivity contribution in [2.45, 2.75) is 18.7 Å². The summed E-state index contributed by atoms with van der Waals surface area (Å²) in [6.45, 7) is 2.60. The van der Waals surface area contributed by atoms with Gasteiger partial charge in [0.15, 0.2) is 11.5 Å². The molecule has 0 saturated heterocycles. The Morgan fingerprint density at radius 2 is 1.59 bits per heavy atom. The second-order valence-electron chi connectivity index (χ2n) is 7.82. The van der Waals surface area contributed by atoms with E-state index in [1.165, 1.54) is 51.6 Å². The summed E-state index contributed by atoms with van der Waals surface area (Å²) in [5.74, 6) is -0.0143. The van der Waals surface area contributed by atoms with Crippen LogP contribution in [0.4, 0.5) is 5.69 Å². The van der Waals surface area contributed by atoms with Gasteiger partial charge < -0.3 is 14.2 Å². The van der Waals surface area contributed by atoms with Crippen molar-refractivity contribution in [2.75, 3.05) is 25.1 Å². The van der Waals surface area contributed by atoms with Crippen molar-refractivity contribution >= 4 is 33.8 Å². The topological polar surface area (TPSA) is 124 Å². The van der Waals surface area contributed by atoms with Gasteiger partial charge in [-0.05, 0) is 61.0 Å². The summed E-state index contributed by atoms with van der Waals surface area (Å²) in [5.41, 5.74) is 4.07. The first-order valence-corrected chi connectivity index (χ1v) is 12.5. The van der Waals surface area contributed by atoms with E-state index in [4.69, 9.17) is 14.2 Å². The van der Waals surface area contributed by atoms with Crippen molar-refractivity contribution in [1.29, 1.82) is 0 Å². The van der Waals surface area contributed by atoms with Crippen LogP contribution in [-0.4, -0.2) is 47.3 Å². The number of methoxy groups -OCH3 is 2. The molecule has 1 amide bonds. The van der Waals surface area contributed by atoms with Gasteiger partial charge in [0.2, 0.25) is 0 Å². The fraction of sp³-hybridized carbons (Fsp3) is 0.192. The van der Waals surface area contributed by atoms with Gasteiger partial charge in [0.1, 0.15) is 12.3 Å². The van der Waals surface area contributed by atoms with Crippen LogP contribution in [-0.2, 0) is 19.6 Å². The van der Waals surface area contributed by atoms with Gasteiger partial charge in [-0.1, -0.05) is 17.7 Å². The minimum atomic E-state index is -4.12. The van der Waals surface area contributed by atoms with Crippen LogP contribution < -0.4 is 23.9 Å². The van der Waals surface area contributed by atoms with Crippen LogP contribution in [0.2, 0.25) is 0 Å². The summed E-state index contributed by atoms with van der Waals surface area (Å²) < 4.78 is 43.6. The number of sulfonamides is 1. The summed E-state index contributed by atoms with van der Waals surface area (Å²) in [4.78, 5) is 23.8. The van der Waals surface area contributed by atoms with Gasteiger partial charge in [0.05, 0.1) is 31.0 Å². The quantitative estimate of drug-likeness (QED) is 0.186. The van der Waals surface area contributed by atoms with Gasteiger partial charge in [0, 0.05) is 13.0 Å². The molecule has 0 heterocycles. The molecule has 10 nitrogen and oxygen atoms in total. The molecule has 3 rings (SSSR count). The smallest absolute Gasteiger partial charge is 0.308 e. The number of anilines is 1. The molecule has 3 aromatic carbocycles. The molecular formula is C26H27N3O7S. The maximum Gasteiger partial charge on any atom is 0.308 e. The van der Waals surface area contributed by atoms with E-state index in [1.807, 2.05) is 6.92 Å². The number of hydrogen-bond acceptors (Lipinski definition) is 8. The predicted octanol–water partition coefficient (Wildman–Crippen LogP) is 3.28. The Balaban J connectivity index is 1.84. The summed E-state index contributed by atoms with van der Waals surface area (Å²) in [5, 5.41) is 3.91. The molecule has 0 atom stereocenters. The van der Waals surface area contributed by atoms with E-state index in [0.29, 0.717) is 22.8 Å². The van der Waals surface area contributed by atoms with Crippen LogP contribution in [0.1, 0.15) is 18.1 Å². The number of carbonyl (C=O) groups excluding carboxylic acids is 2. The van der Waals surface area contributed by atoms with Crippen molar-refractivity contribution < 1.29 is 32.2 Å². The highest BCUT2D eigenvalue weighted by molar-refractivity contribution is 7.92. The van der Waals surface area contributed by atoms with Crippen LogP contribution in [0.15, 0.2) is 76.7 Å². The highest BCUT2D eigenvalue weighted by Crippen LogP contribution is 2.33. The fourth-order valence-electron chi connectivity index (χ4n) is 3.27. The van der Waals surface area contributed by atoms with Gasteiger partial charge in [0.25, 0.3) is 15.9 Å². The Bertz CT molecular complexity index is 1390. The molecule has 3 aromatic rings. The molecule has 11 heteroatoms. The first-order chi connectivity index (χ1) is 17.6. The third kappa shape index (κ3) is 7.07. The third-order valence-electron chi connectivity index (χ3n) is 5.10. The third-order valence-corrected chi connectivity index (χ3v) is 6.88. The maximum absolute atomic E-state index is 13.5. The molecule has 194 valence electrons. The van der Waals surface area contributed by atoms with E-state index in [9.17, 15) is 18.0 Å². The van der Waals surface area contributed by atoms with E-state index in [1.54, 1.807) is 42.5 Å². The Hall–Kier alpha value is -4.38. The van der Waals surface area contributed by atoms with Crippen molar-refractivity contribution in [1.82, 2.24) is 5.43 Å². The maximum atomic E-state index is 13.5. The zero-order valence-corrected chi connectivity index (χ0v) is 21.6. The number of amides is 1. The average molecular weight is 526 g/mol. The number of rotatable bonds is 10. The van der Waals surface area contributed by atoms with Crippen LogP contribution in [0.5, 0.6) is 17.2 Å². The molecule has 1 N–H and O–H groups in total. The SMILES string of the molecule is COc1ccc(N(CC(=O)N/N=C\c2ccc(OC(C)=O)cc2)S(=O)(=O)c2ccc(C)cc2)cc1OC. The second kappa shape index (κ2) is 12.0. The summed E-state index contributed by atoms with van der Waals surface area (Å²) in [6, 6.07) is 17.3. The molecule has 0 unspecified atom stereocenters. The van der Waals surface area contributed by atoms with E-state index < -0.39 is 28.4 Å². The van der Waals surface area contributed by atoms with Gasteiger partial charge in [-0.15, -0.1) is 0 Å². The molecule has 0 aliphatic heterocycles. The molecule has 0 radical (unpaired) electrons. The molecule has 0 aromatic heterocycles. The highest BCUT2D eigenvalue weighted by atomic mass is 32.2. The Kier molecular flexibility index (Phi) is 8.86. The zero-order valence-electron chi connectivity index (χ0n) is 20.8. The van der Waals surface area contributed by atoms with Crippen LogP contribution in [0.3, 0.4) is 0 Å². The minimum Gasteiger partial charge on any atom is -0.493 e. The zero-order chi connectivity index (χ0) is 27.0. The average Bonchev–Trinajstić information content (AvgIpc) is 2.87. The first kappa shape index (κ1) is 27.2. The second-order valence-corrected chi connectivity index (χ2v) is 9.68. The molecular weight excluding hydrogens is 498 g/mol. The molecule has 0 saturated carbocycles. The van der Waals surface area contributed by atoms with Gasteiger partial charge in [-0.3, -0.25) is 13.9 Å². The monoisotopic (exact) mass is 525 g/mol. The number of ether oxygens (including phenoxy) is 3. The lowest BCUT2D eigenvalue weighted by atomic mass is 10.2. The normalized spacial score (nSPS) is 11.1. The fourth-order valence-corrected chi connectivity index (χ4v) is 4.68. The molecule has 0 fully saturated rings. The first-order valence-electron chi connectivity index (χ1n) is 11.1. The van der Waals surface area contributed by atoms with Crippen molar-refractivity contribution in [3.63, 3.8) is 0 Å². The van der Waals surface area contributed by atoms with Crippen molar-refractivity contribution in [2.24, 2.45) is 5.10 Å².